The maximum absolute atomic E-state index is 12.8. The van der Waals surface area contributed by atoms with Crippen LogP contribution in [0.25, 0.3) is 0 Å². The highest BCUT2D eigenvalue weighted by Gasteiger charge is 2.57. The van der Waals surface area contributed by atoms with Gasteiger partial charge in [-0.1, -0.05) is 31.6 Å². The van der Waals surface area contributed by atoms with Crippen LogP contribution < -0.4 is 0 Å². The molecule has 4 rings (SSSR count). The van der Waals surface area contributed by atoms with Gasteiger partial charge in [0.15, 0.2) is 12.4 Å². The normalized spacial score (nSPS) is 39.6. The Balaban J connectivity index is 1.52. The van der Waals surface area contributed by atoms with Gasteiger partial charge in [0.2, 0.25) is 0 Å². The lowest BCUT2D eigenvalue weighted by molar-refractivity contribution is -0.148. The van der Waals surface area contributed by atoms with E-state index in [0.29, 0.717) is 17.8 Å². The van der Waals surface area contributed by atoms with E-state index >= 15 is 0 Å². The Hall–Kier alpha value is -1.91. The molecule has 0 aliphatic heterocycles. The van der Waals surface area contributed by atoms with E-state index in [1.165, 1.54) is 19.4 Å². The largest absolute Gasteiger partial charge is 0.462 e. The molecule has 5 nitrogen and oxygen atoms in total. The number of rotatable bonds is 4. The first-order valence-electron chi connectivity index (χ1n) is 11.4. The van der Waals surface area contributed by atoms with Crippen molar-refractivity contribution < 1.29 is 23.9 Å². The van der Waals surface area contributed by atoms with Gasteiger partial charge in [0.1, 0.15) is 6.10 Å². The van der Waals surface area contributed by atoms with Gasteiger partial charge in [0.05, 0.1) is 0 Å². The molecule has 4 aliphatic rings. The molecule has 0 aromatic rings. The van der Waals surface area contributed by atoms with E-state index in [1.54, 1.807) is 0 Å². The van der Waals surface area contributed by atoms with Crippen LogP contribution >= 0.6 is 0 Å². The second kappa shape index (κ2) is 7.65. The number of esters is 2. The van der Waals surface area contributed by atoms with Crippen LogP contribution in [0.1, 0.15) is 72.6 Å². The van der Waals surface area contributed by atoms with E-state index in [2.05, 4.69) is 26.0 Å². The summed E-state index contributed by atoms with van der Waals surface area (Å²) in [6.07, 6.45) is 11.5. The summed E-state index contributed by atoms with van der Waals surface area (Å²) in [5, 5.41) is 0. The van der Waals surface area contributed by atoms with Crippen LogP contribution in [0.3, 0.4) is 0 Å². The zero-order valence-electron chi connectivity index (χ0n) is 18.7. The van der Waals surface area contributed by atoms with Crippen molar-refractivity contribution in [3.8, 4) is 0 Å². The van der Waals surface area contributed by atoms with Crippen molar-refractivity contribution in [3.63, 3.8) is 0 Å². The molecule has 5 heteroatoms. The lowest BCUT2D eigenvalue weighted by Gasteiger charge is -2.57. The molecule has 4 aliphatic carbocycles. The predicted molar refractivity (Wildman–Crippen MR) is 112 cm³/mol. The molecule has 164 valence electrons. The second-order valence-corrected chi connectivity index (χ2v) is 10.2. The highest BCUT2D eigenvalue weighted by molar-refractivity contribution is 5.99. The quantitative estimate of drug-likeness (QED) is 0.499. The first kappa shape index (κ1) is 21.3. The Kier molecular flexibility index (Phi) is 5.44. The third-order valence-electron chi connectivity index (χ3n) is 8.68. The Morgan fingerprint density at radius 3 is 2.40 bits per heavy atom. The average molecular weight is 415 g/mol. The van der Waals surface area contributed by atoms with Gasteiger partial charge < -0.3 is 9.47 Å². The molecule has 0 heterocycles. The molecule has 0 unspecified atom stereocenters. The topological polar surface area (TPSA) is 69.7 Å². The summed E-state index contributed by atoms with van der Waals surface area (Å²) in [6.45, 7) is 7.36. The summed E-state index contributed by atoms with van der Waals surface area (Å²) in [7, 11) is 0. The molecule has 0 saturated heterocycles. The fraction of sp³-hybridized carbons (Fsp3) is 0.720. The Morgan fingerprint density at radius 1 is 0.967 bits per heavy atom. The van der Waals surface area contributed by atoms with Crippen molar-refractivity contribution in [1.29, 1.82) is 0 Å². The third kappa shape index (κ3) is 3.44. The fourth-order valence-corrected chi connectivity index (χ4v) is 7.21. The van der Waals surface area contributed by atoms with Crippen molar-refractivity contribution in [2.75, 3.05) is 6.61 Å². The van der Waals surface area contributed by atoms with E-state index in [9.17, 15) is 14.4 Å². The van der Waals surface area contributed by atoms with Crippen molar-refractivity contribution >= 4 is 17.7 Å². The minimum atomic E-state index is -0.408. The van der Waals surface area contributed by atoms with Gasteiger partial charge in [-0.05, 0) is 67.1 Å². The maximum atomic E-state index is 12.8. The lowest BCUT2D eigenvalue weighted by Crippen LogP contribution is -2.50. The average Bonchev–Trinajstić information content (AvgIpc) is 3.03. The molecule has 0 aromatic carbocycles. The first-order valence-corrected chi connectivity index (χ1v) is 11.4. The van der Waals surface area contributed by atoms with Crippen LogP contribution in [0.5, 0.6) is 0 Å². The first-order chi connectivity index (χ1) is 14.1. The summed E-state index contributed by atoms with van der Waals surface area (Å²) in [5.41, 5.74) is 2.41. The number of ketones is 1. The number of fused-ring (bicyclic) bond motifs is 5. The van der Waals surface area contributed by atoms with Crippen molar-refractivity contribution in [2.24, 2.45) is 28.6 Å². The molecule has 6 atom stereocenters. The number of hydrogen-bond donors (Lipinski definition) is 0. The SMILES string of the molecule is CC(=O)OCC(=O)C1=CC[C@@H]2[C@H]3CC=C4C[C@H](OC(C)=O)CC[C@]4(C)[C@H]3CC[C@]12C. The standard InChI is InChI=1S/C25H34O5/c1-15(26)29-14-23(28)22-8-7-20-19-6-5-17-13-18(30-16(2)27)9-11-24(17,3)21(19)10-12-25(20,22)4/h5,8,18-21H,6-7,9-14H2,1-4H3/t18-,19-,20-,21+,24+,25+/m1/s1. The van der Waals surface area contributed by atoms with Crippen molar-refractivity contribution in [3.05, 3.63) is 23.3 Å². The van der Waals surface area contributed by atoms with Crippen LogP contribution in [-0.2, 0) is 23.9 Å². The van der Waals surface area contributed by atoms with E-state index in [4.69, 9.17) is 9.47 Å². The van der Waals surface area contributed by atoms with Gasteiger partial charge in [-0.15, -0.1) is 0 Å². The molecule has 30 heavy (non-hydrogen) atoms. The van der Waals surface area contributed by atoms with Gasteiger partial charge in [0, 0.05) is 25.8 Å². The molecular formula is C25H34O5. The molecule has 2 fully saturated rings. The molecule has 0 aromatic heterocycles. The maximum Gasteiger partial charge on any atom is 0.303 e. The second-order valence-electron chi connectivity index (χ2n) is 10.2. The van der Waals surface area contributed by atoms with Crippen LogP contribution in [0.2, 0.25) is 0 Å². The Bertz CT molecular complexity index is 823. The highest BCUT2D eigenvalue weighted by Crippen LogP contribution is 2.65. The predicted octanol–water partition coefficient (Wildman–Crippen LogP) is 4.55. The monoisotopic (exact) mass is 414 g/mol. The van der Waals surface area contributed by atoms with Gasteiger partial charge >= 0.3 is 11.9 Å². The molecule has 0 N–H and O–H groups in total. The summed E-state index contributed by atoms with van der Waals surface area (Å²) in [4.78, 5) is 35.3. The number of ether oxygens (including phenoxy) is 2. The number of Topliss-reactive ketones (excluding diaryl/α,β-unsaturated/α-hetero) is 1. The van der Waals surface area contributed by atoms with E-state index < -0.39 is 5.97 Å². The molecule has 0 bridgehead atoms. The van der Waals surface area contributed by atoms with E-state index in [-0.39, 0.29) is 35.3 Å². The molecule has 2 saturated carbocycles. The van der Waals surface area contributed by atoms with Crippen LogP contribution in [0.15, 0.2) is 23.3 Å². The zero-order valence-corrected chi connectivity index (χ0v) is 18.7. The summed E-state index contributed by atoms with van der Waals surface area (Å²) in [5.74, 6) is 1.02. The van der Waals surface area contributed by atoms with Crippen molar-refractivity contribution in [2.45, 2.75) is 78.7 Å². The van der Waals surface area contributed by atoms with E-state index in [0.717, 1.165) is 50.5 Å². The van der Waals surface area contributed by atoms with Gasteiger partial charge in [-0.3, -0.25) is 14.4 Å². The molecule has 0 amide bonds. The van der Waals surface area contributed by atoms with E-state index in [1.807, 2.05) is 0 Å². The summed E-state index contributed by atoms with van der Waals surface area (Å²) in [6, 6.07) is 0. The molecule has 0 spiro atoms. The van der Waals surface area contributed by atoms with Crippen LogP contribution in [0.4, 0.5) is 0 Å². The number of carbonyl (C=O) groups is 3. The third-order valence-corrected chi connectivity index (χ3v) is 8.68. The molecular weight excluding hydrogens is 380 g/mol. The minimum Gasteiger partial charge on any atom is -0.462 e. The Morgan fingerprint density at radius 2 is 1.70 bits per heavy atom. The van der Waals surface area contributed by atoms with Crippen molar-refractivity contribution in [1.82, 2.24) is 0 Å². The Labute approximate surface area is 179 Å². The number of hydrogen-bond acceptors (Lipinski definition) is 5. The zero-order chi connectivity index (χ0) is 21.7. The summed E-state index contributed by atoms with van der Waals surface area (Å²) >= 11 is 0. The smallest absolute Gasteiger partial charge is 0.303 e. The van der Waals surface area contributed by atoms with Gasteiger partial charge in [0.25, 0.3) is 0 Å². The van der Waals surface area contributed by atoms with Crippen LogP contribution in [0, 0.1) is 28.6 Å². The lowest BCUT2D eigenvalue weighted by atomic mass is 9.47. The summed E-state index contributed by atoms with van der Waals surface area (Å²) < 4.78 is 10.5. The van der Waals surface area contributed by atoms with Gasteiger partial charge in [-0.25, -0.2) is 0 Å². The number of allylic oxidation sites excluding steroid dienone is 2. The fourth-order valence-electron chi connectivity index (χ4n) is 7.21. The highest BCUT2D eigenvalue weighted by atomic mass is 16.5. The number of carbonyl (C=O) groups excluding carboxylic acids is 3. The molecule has 0 radical (unpaired) electrons. The minimum absolute atomic E-state index is 0.0193. The van der Waals surface area contributed by atoms with Crippen LogP contribution in [-0.4, -0.2) is 30.4 Å². The van der Waals surface area contributed by atoms with Gasteiger partial charge in [-0.2, -0.15) is 0 Å².